The van der Waals surface area contributed by atoms with Crippen molar-refractivity contribution in [2.45, 2.75) is 5.38 Å². The van der Waals surface area contributed by atoms with Gasteiger partial charge in [0.1, 0.15) is 0 Å². The van der Waals surface area contributed by atoms with Gasteiger partial charge in [-0.15, -0.1) is 23.2 Å². The van der Waals surface area contributed by atoms with Crippen molar-refractivity contribution in [1.82, 2.24) is 0 Å². The maximum Gasteiger partial charge on any atom is 0.411 e. The molecular formula is C10H11Cl2NO2. The van der Waals surface area contributed by atoms with Gasteiger partial charge < -0.3 is 5.11 Å². The lowest BCUT2D eigenvalue weighted by Gasteiger charge is -2.20. The first kappa shape index (κ1) is 12.1. The second kappa shape index (κ2) is 5.83. The number of amides is 1. The van der Waals surface area contributed by atoms with Gasteiger partial charge in [-0.2, -0.15) is 0 Å². The molecule has 1 rings (SSSR count). The molecule has 0 fully saturated rings. The van der Waals surface area contributed by atoms with Crippen LogP contribution in [0.1, 0.15) is 0 Å². The van der Waals surface area contributed by atoms with Crippen molar-refractivity contribution >= 4 is 35.0 Å². The lowest BCUT2D eigenvalue weighted by atomic mass is 10.3. The summed E-state index contributed by atoms with van der Waals surface area (Å²) < 4.78 is 0. The number of carbonyl (C=O) groups is 1. The zero-order chi connectivity index (χ0) is 11.3. The van der Waals surface area contributed by atoms with Gasteiger partial charge in [0.15, 0.2) is 0 Å². The maximum atomic E-state index is 11.0. The minimum atomic E-state index is -1.03. The largest absolute Gasteiger partial charge is 0.465 e. The van der Waals surface area contributed by atoms with E-state index in [0.717, 1.165) is 0 Å². The van der Waals surface area contributed by atoms with E-state index in [1.807, 2.05) is 6.07 Å². The Morgan fingerprint density at radius 2 is 2.00 bits per heavy atom. The number of halogens is 2. The molecule has 0 spiro atoms. The number of para-hydroxylation sites is 1. The normalized spacial score (nSPS) is 12.1. The second-order valence-corrected chi connectivity index (χ2v) is 3.91. The van der Waals surface area contributed by atoms with Gasteiger partial charge in [-0.25, -0.2) is 4.79 Å². The summed E-state index contributed by atoms with van der Waals surface area (Å²) in [6, 6.07) is 8.80. The van der Waals surface area contributed by atoms with E-state index < -0.39 is 6.09 Å². The van der Waals surface area contributed by atoms with E-state index in [1.165, 1.54) is 4.90 Å². The highest BCUT2D eigenvalue weighted by molar-refractivity contribution is 6.28. The number of nitrogens with zero attached hydrogens (tertiary/aromatic N) is 1. The van der Waals surface area contributed by atoms with Crippen LogP contribution in [-0.4, -0.2) is 29.0 Å². The lowest BCUT2D eigenvalue weighted by Crippen LogP contribution is -2.35. The number of carboxylic acid groups (broad SMARTS) is 1. The molecule has 0 aromatic heterocycles. The van der Waals surface area contributed by atoms with Gasteiger partial charge in [-0.3, -0.25) is 4.90 Å². The van der Waals surface area contributed by atoms with E-state index in [-0.39, 0.29) is 17.8 Å². The highest BCUT2D eigenvalue weighted by Gasteiger charge is 2.17. The van der Waals surface area contributed by atoms with Crippen molar-refractivity contribution in [3.63, 3.8) is 0 Å². The molecule has 0 radical (unpaired) electrons. The van der Waals surface area contributed by atoms with Crippen LogP contribution in [0.3, 0.4) is 0 Å². The molecule has 5 heteroatoms. The van der Waals surface area contributed by atoms with Gasteiger partial charge in [0.2, 0.25) is 0 Å². The molecule has 15 heavy (non-hydrogen) atoms. The summed E-state index contributed by atoms with van der Waals surface area (Å²) in [6.07, 6.45) is -1.03. The third-order valence-corrected chi connectivity index (χ3v) is 2.67. The number of rotatable bonds is 4. The van der Waals surface area contributed by atoms with Gasteiger partial charge in [0.05, 0.1) is 5.38 Å². The molecule has 3 nitrogen and oxygen atoms in total. The summed E-state index contributed by atoms with van der Waals surface area (Å²) in [5, 5.41) is 8.61. The summed E-state index contributed by atoms with van der Waals surface area (Å²) >= 11 is 11.4. The van der Waals surface area contributed by atoms with Crippen molar-refractivity contribution < 1.29 is 9.90 Å². The molecule has 1 N–H and O–H groups in total. The predicted molar refractivity (Wildman–Crippen MR) is 62.2 cm³/mol. The average molecular weight is 248 g/mol. The Hall–Kier alpha value is -0.930. The van der Waals surface area contributed by atoms with Gasteiger partial charge in [-0.05, 0) is 12.1 Å². The minimum absolute atomic E-state index is 0.185. The van der Waals surface area contributed by atoms with E-state index in [1.54, 1.807) is 24.3 Å². The summed E-state index contributed by atoms with van der Waals surface area (Å²) in [5.41, 5.74) is 0.598. The topological polar surface area (TPSA) is 40.5 Å². The minimum Gasteiger partial charge on any atom is -0.465 e. The number of alkyl halides is 2. The van der Waals surface area contributed by atoms with Crippen LogP contribution >= 0.6 is 23.2 Å². The molecule has 0 saturated heterocycles. The lowest BCUT2D eigenvalue weighted by molar-refractivity contribution is 0.202. The Kier molecular flexibility index (Phi) is 4.72. The quantitative estimate of drug-likeness (QED) is 0.832. The van der Waals surface area contributed by atoms with E-state index >= 15 is 0 Å². The highest BCUT2D eigenvalue weighted by atomic mass is 35.5. The van der Waals surface area contributed by atoms with Gasteiger partial charge in [0, 0.05) is 18.1 Å². The fourth-order valence-electron chi connectivity index (χ4n) is 1.15. The standard InChI is InChI=1S/C10H11Cl2NO2/c11-6-8(12)7-13(10(14)15)9-4-2-1-3-5-9/h1-5,8H,6-7H2,(H,14,15). The molecule has 1 atom stereocenters. The zero-order valence-electron chi connectivity index (χ0n) is 7.94. The van der Waals surface area contributed by atoms with Crippen LogP contribution in [0, 0.1) is 0 Å². The molecule has 0 aliphatic rings. The molecular weight excluding hydrogens is 237 g/mol. The smallest absolute Gasteiger partial charge is 0.411 e. The fourth-order valence-corrected chi connectivity index (χ4v) is 1.38. The first-order valence-corrected chi connectivity index (χ1v) is 5.37. The average Bonchev–Trinajstić information content (AvgIpc) is 2.26. The molecule has 82 valence electrons. The molecule has 1 unspecified atom stereocenters. The van der Waals surface area contributed by atoms with Crippen LogP contribution in [0.25, 0.3) is 0 Å². The predicted octanol–water partition coefficient (Wildman–Crippen LogP) is 3.02. The van der Waals surface area contributed by atoms with Crippen molar-refractivity contribution in [3.8, 4) is 0 Å². The zero-order valence-corrected chi connectivity index (χ0v) is 9.45. The summed E-state index contributed by atoms with van der Waals surface area (Å²) in [6.45, 7) is 0.185. The molecule has 1 aromatic rings. The van der Waals surface area contributed by atoms with E-state index in [2.05, 4.69) is 0 Å². The number of benzene rings is 1. The van der Waals surface area contributed by atoms with Crippen molar-refractivity contribution in [2.24, 2.45) is 0 Å². The van der Waals surface area contributed by atoms with E-state index in [9.17, 15) is 4.79 Å². The van der Waals surface area contributed by atoms with Crippen molar-refractivity contribution in [2.75, 3.05) is 17.3 Å². The Morgan fingerprint density at radius 3 is 2.47 bits per heavy atom. The fraction of sp³-hybridized carbons (Fsp3) is 0.300. The Labute approximate surface area is 98.2 Å². The Morgan fingerprint density at radius 1 is 1.40 bits per heavy atom. The molecule has 1 amide bonds. The third kappa shape index (κ3) is 3.61. The Balaban J connectivity index is 2.80. The van der Waals surface area contributed by atoms with Crippen LogP contribution in [0.5, 0.6) is 0 Å². The number of anilines is 1. The number of hydrogen-bond acceptors (Lipinski definition) is 1. The number of hydrogen-bond donors (Lipinski definition) is 1. The summed E-state index contributed by atoms with van der Waals surface area (Å²) in [4.78, 5) is 12.2. The summed E-state index contributed by atoms with van der Waals surface area (Å²) in [7, 11) is 0. The molecule has 0 bridgehead atoms. The molecule has 0 heterocycles. The third-order valence-electron chi connectivity index (χ3n) is 1.85. The maximum absolute atomic E-state index is 11.0. The van der Waals surface area contributed by atoms with Gasteiger partial charge >= 0.3 is 6.09 Å². The van der Waals surface area contributed by atoms with Crippen molar-refractivity contribution in [1.29, 1.82) is 0 Å². The molecule has 0 saturated carbocycles. The Bertz CT molecular complexity index is 318. The first-order valence-electron chi connectivity index (χ1n) is 4.40. The summed E-state index contributed by atoms with van der Waals surface area (Å²) in [5.74, 6) is 0.220. The molecule has 1 aromatic carbocycles. The van der Waals surface area contributed by atoms with Gasteiger partial charge in [0.25, 0.3) is 0 Å². The van der Waals surface area contributed by atoms with Crippen LogP contribution in [-0.2, 0) is 0 Å². The SMILES string of the molecule is O=C(O)N(CC(Cl)CCl)c1ccccc1. The van der Waals surface area contributed by atoms with Gasteiger partial charge in [-0.1, -0.05) is 18.2 Å². The van der Waals surface area contributed by atoms with Crippen LogP contribution < -0.4 is 4.90 Å². The monoisotopic (exact) mass is 247 g/mol. The van der Waals surface area contributed by atoms with Crippen LogP contribution in [0.2, 0.25) is 0 Å². The van der Waals surface area contributed by atoms with Crippen LogP contribution in [0.15, 0.2) is 30.3 Å². The second-order valence-electron chi connectivity index (χ2n) is 2.98. The first-order chi connectivity index (χ1) is 7.15. The van der Waals surface area contributed by atoms with E-state index in [0.29, 0.717) is 5.69 Å². The van der Waals surface area contributed by atoms with Crippen LogP contribution in [0.4, 0.5) is 10.5 Å². The van der Waals surface area contributed by atoms with Crippen molar-refractivity contribution in [3.05, 3.63) is 30.3 Å². The molecule has 0 aliphatic carbocycles. The highest BCUT2D eigenvalue weighted by Crippen LogP contribution is 2.15. The van der Waals surface area contributed by atoms with E-state index in [4.69, 9.17) is 28.3 Å². The molecule has 0 aliphatic heterocycles.